The van der Waals surface area contributed by atoms with Crippen molar-refractivity contribution in [3.8, 4) is 39.5 Å². The maximum absolute atomic E-state index is 14.2. The van der Waals surface area contributed by atoms with Crippen LogP contribution in [0.15, 0.2) is 67.3 Å². The monoisotopic (exact) mass is 479 g/mol. The number of hydrogen-bond acceptors (Lipinski definition) is 6. The van der Waals surface area contributed by atoms with E-state index in [1.807, 2.05) is 55.5 Å². The first-order valence-corrected chi connectivity index (χ1v) is 11.3. The fraction of sp³-hybridized carbons (Fsp3) is 0.111. The van der Waals surface area contributed by atoms with E-state index in [4.69, 9.17) is 4.74 Å². The van der Waals surface area contributed by atoms with Crippen LogP contribution < -0.4 is 9.64 Å². The Morgan fingerprint density at radius 3 is 2.64 bits per heavy atom. The molecular weight excluding hydrogens is 457 g/mol. The highest BCUT2D eigenvalue weighted by molar-refractivity contribution is 6.00. The average molecular weight is 480 g/mol. The lowest BCUT2D eigenvalue weighted by Crippen LogP contribution is -2.08. The normalized spacial score (nSPS) is 11.3. The number of anilines is 1. The minimum absolute atomic E-state index is 0.365. The first-order chi connectivity index (χ1) is 17.5. The van der Waals surface area contributed by atoms with Crippen LogP contribution in [0.3, 0.4) is 0 Å². The largest absolute Gasteiger partial charge is 0.497 e. The molecule has 0 amide bonds. The van der Waals surface area contributed by atoms with Crippen molar-refractivity contribution in [3.63, 3.8) is 0 Å². The Morgan fingerprint density at radius 2 is 1.81 bits per heavy atom. The molecule has 0 aliphatic carbocycles. The zero-order chi connectivity index (χ0) is 24.8. The molecule has 0 radical (unpaired) electrons. The third-order valence-corrected chi connectivity index (χ3v) is 6.19. The van der Waals surface area contributed by atoms with Crippen LogP contribution in [-0.2, 0) is 0 Å². The lowest BCUT2D eigenvalue weighted by Gasteiger charge is -2.12. The highest BCUT2D eigenvalue weighted by Crippen LogP contribution is 2.35. The number of nitrogens with one attached hydrogen (secondary N) is 2. The Balaban J connectivity index is 1.47. The molecular formula is C27H22FN7O. The van der Waals surface area contributed by atoms with Gasteiger partial charge in [-0.05, 0) is 47.5 Å². The minimum Gasteiger partial charge on any atom is -0.497 e. The predicted molar refractivity (Wildman–Crippen MR) is 138 cm³/mol. The van der Waals surface area contributed by atoms with Gasteiger partial charge in [-0.3, -0.25) is 15.1 Å². The molecule has 2 N–H and O–H groups in total. The number of nitrogens with zero attached hydrogens (tertiary/aromatic N) is 5. The number of rotatable bonds is 5. The number of hydrogen-bond donors (Lipinski definition) is 2. The Bertz CT molecular complexity index is 1740. The number of halogens is 1. The topological polar surface area (TPSA) is 95.6 Å². The lowest BCUT2D eigenvalue weighted by molar-refractivity contribution is 0.411. The summed E-state index contributed by atoms with van der Waals surface area (Å²) in [7, 11) is 5.47. The van der Waals surface area contributed by atoms with E-state index in [0.29, 0.717) is 17.0 Å². The van der Waals surface area contributed by atoms with Crippen LogP contribution in [-0.4, -0.2) is 51.3 Å². The SMILES string of the molecule is COc1cc(F)cc(-c2ccnc3[nH]c(-c4n[nH]c5cnc(-c6cncc(N(C)C)c6)cc45)cc23)c1. The Kier molecular flexibility index (Phi) is 5.10. The van der Waals surface area contributed by atoms with Crippen molar-refractivity contribution < 1.29 is 9.13 Å². The van der Waals surface area contributed by atoms with E-state index >= 15 is 0 Å². The van der Waals surface area contributed by atoms with Gasteiger partial charge >= 0.3 is 0 Å². The molecule has 0 aliphatic heterocycles. The van der Waals surface area contributed by atoms with E-state index in [0.717, 1.165) is 50.2 Å². The summed E-state index contributed by atoms with van der Waals surface area (Å²) in [4.78, 5) is 18.8. The minimum atomic E-state index is -0.365. The van der Waals surface area contributed by atoms with Crippen LogP contribution in [0.5, 0.6) is 5.75 Å². The average Bonchev–Trinajstić information content (AvgIpc) is 3.51. The predicted octanol–water partition coefficient (Wildman–Crippen LogP) is 5.44. The fourth-order valence-corrected chi connectivity index (χ4v) is 4.33. The maximum atomic E-state index is 14.2. The van der Waals surface area contributed by atoms with Crippen molar-refractivity contribution in [2.24, 2.45) is 0 Å². The molecule has 9 heteroatoms. The van der Waals surface area contributed by atoms with Gasteiger partial charge in [-0.15, -0.1) is 0 Å². The van der Waals surface area contributed by atoms with Crippen molar-refractivity contribution >= 4 is 27.6 Å². The molecule has 178 valence electrons. The number of H-pyrrole nitrogens is 2. The zero-order valence-corrected chi connectivity index (χ0v) is 19.9. The summed E-state index contributed by atoms with van der Waals surface area (Å²) in [5.41, 5.74) is 7.27. The number of pyridine rings is 3. The summed E-state index contributed by atoms with van der Waals surface area (Å²) < 4.78 is 19.5. The van der Waals surface area contributed by atoms with E-state index in [1.54, 1.807) is 18.6 Å². The van der Waals surface area contributed by atoms with E-state index in [1.165, 1.54) is 19.2 Å². The van der Waals surface area contributed by atoms with Gasteiger partial charge in [-0.1, -0.05) is 0 Å². The molecule has 0 atom stereocenters. The van der Waals surface area contributed by atoms with Crippen molar-refractivity contribution in [2.75, 3.05) is 26.1 Å². The van der Waals surface area contributed by atoms with Crippen LogP contribution in [0.1, 0.15) is 0 Å². The fourth-order valence-electron chi connectivity index (χ4n) is 4.33. The molecule has 6 rings (SSSR count). The van der Waals surface area contributed by atoms with Crippen LogP contribution in [0, 0.1) is 5.82 Å². The zero-order valence-electron chi connectivity index (χ0n) is 19.9. The Labute approximate surface area is 205 Å². The van der Waals surface area contributed by atoms with Crippen molar-refractivity contribution in [3.05, 3.63) is 73.1 Å². The molecule has 0 unspecified atom stereocenters. The summed E-state index contributed by atoms with van der Waals surface area (Å²) in [6, 6.07) is 12.6. The van der Waals surface area contributed by atoms with Crippen molar-refractivity contribution in [1.29, 1.82) is 0 Å². The number of aromatic amines is 2. The van der Waals surface area contributed by atoms with Gasteiger partial charge in [0.2, 0.25) is 0 Å². The smallest absolute Gasteiger partial charge is 0.138 e. The molecule has 36 heavy (non-hydrogen) atoms. The highest BCUT2D eigenvalue weighted by Gasteiger charge is 2.16. The molecule has 5 aromatic heterocycles. The second-order valence-electron chi connectivity index (χ2n) is 8.70. The van der Waals surface area contributed by atoms with Crippen LogP contribution in [0.2, 0.25) is 0 Å². The number of methoxy groups -OCH3 is 1. The second kappa shape index (κ2) is 8.46. The molecule has 0 bridgehead atoms. The number of ether oxygens (including phenoxy) is 1. The van der Waals surface area contributed by atoms with Crippen LogP contribution >= 0.6 is 0 Å². The second-order valence-corrected chi connectivity index (χ2v) is 8.70. The van der Waals surface area contributed by atoms with Crippen molar-refractivity contribution in [1.82, 2.24) is 30.1 Å². The molecule has 0 aliphatic rings. The molecule has 0 saturated heterocycles. The van der Waals surface area contributed by atoms with Gasteiger partial charge in [0.15, 0.2) is 0 Å². The molecule has 5 heterocycles. The Hall–Kier alpha value is -4.79. The number of aromatic nitrogens is 6. The van der Waals surface area contributed by atoms with Crippen LogP contribution in [0.25, 0.3) is 55.7 Å². The summed E-state index contributed by atoms with van der Waals surface area (Å²) >= 11 is 0. The maximum Gasteiger partial charge on any atom is 0.138 e. The third kappa shape index (κ3) is 3.70. The molecule has 8 nitrogen and oxygen atoms in total. The van der Waals surface area contributed by atoms with Gasteiger partial charge in [0.25, 0.3) is 0 Å². The first kappa shape index (κ1) is 21.7. The summed E-state index contributed by atoms with van der Waals surface area (Å²) in [5.74, 6) is 0.0908. The van der Waals surface area contributed by atoms with E-state index in [2.05, 4.69) is 30.1 Å². The van der Waals surface area contributed by atoms with E-state index < -0.39 is 0 Å². The summed E-state index contributed by atoms with van der Waals surface area (Å²) in [6.07, 6.45) is 7.08. The number of fused-ring (bicyclic) bond motifs is 2. The number of benzene rings is 1. The molecule has 0 saturated carbocycles. The van der Waals surface area contributed by atoms with Gasteiger partial charge in [0, 0.05) is 48.9 Å². The van der Waals surface area contributed by atoms with Gasteiger partial charge in [-0.25, -0.2) is 9.37 Å². The quantitative estimate of drug-likeness (QED) is 0.342. The van der Waals surface area contributed by atoms with Gasteiger partial charge in [0.05, 0.1) is 42.1 Å². The Morgan fingerprint density at radius 1 is 0.917 bits per heavy atom. The van der Waals surface area contributed by atoms with E-state index in [9.17, 15) is 4.39 Å². The molecule has 1 aromatic carbocycles. The third-order valence-electron chi connectivity index (χ3n) is 6.19. The standard InChI is InChI=1S/C27H22FN7O/c1-35(2)18-7-16(12-29-13-18)23-11-22-25(14-31-23)33-34-26(22)24-10-21-20(4-5-30-27(21)32-24)15-6-17(28)9-19(8-15)36-3/h4-14H,1-3H3,(H,30,32)(H,33,34). The molecule has 6 aromatic rings. The van der Waals surface area contributed by atoms with Gasteiger partial charge < -0.3 is 14.6 Å². The lowest BCUT2D eigenvalue weighted by atomic mass is 10.0. The first-order valence-electron chi connectivity index (χ1n) is 11.3. The van der Waals surface area contributed by atoms with Gasteiger partial charge in [-0.2, -0.15) is 5.10 Å². The van der Waals surface area contributed by atoms with Gasteiger partial charge in [0.1, 0.15) is 22.9 Å². The van der Waals surface area contributed by atoms with Crippen LogP contribution in [0.4, 0.5) is 10.1 Å². The summed E-state index contributed by atoms with van der Waals surface area (Å²) in [6.45, 7) is 0. The molecule has 0 spiro atoms. The molecule has 0 fully saturated rings. The van der Waals surface area contributed by atoms with Crippen molar-refractivity contribution in [2.45, 2.75) is 0 Å². The summed E-state index contributed by atoms with van der Waals surface area (Å²) in [5, 5.41) is 9.39. The highest BCUT2D eigenvalue weighted by atomic mass is 19.1. The van der Waals surface area contributed by atoms with E-state index in [-0.39, 0.29) is 5.82 Å².